The van der Waals surface area contributed by atoms with Crippen LogP contribution >= 0.6 is 11.6 Å². The van der Waals surface area contributed by atoms with E-state index in [9.17, 15) is 19.1 Å². The minimum atomic E-state index is -0.867. The maximum Gasteiger partial charge on any atom is 0.301 e. The average molecular weight is 332 g/mol. The molecule has 23 heavy (non-hydrogen) atoms. The van der Waals surface area contributed by atoms with Crippen molar-refractivity contribution in [2.75, 3.05) is 4.90 Å². The van der Waals surface area contributed by atoms with Gasteiger partial charge in [-0.25, -0.2) is 9.29 Å². The van der Waals surface area contributed by atoms with Gasteiger partial charge in [-0.3, -0.25) is 9.59 Å². The van der Waals surface area contributed by atoms with Gasteiger partial charge in [0.2, 0.25) is 0 Å². The first-order valence-electron chi connectivity index (χ1n) is 6.74. The minimum absolute atomic E-state index is 0.0875. The fourth-order valence-electron chi connectivity index (χ4n) is 2.36. The van der Waals surface area contributed by atoms with Gasteiger partial charge >= 0.3 is 5.91 Å². The lowest BCUT2D eigenvalue weighted by Crippen LogP contribution is -2.31. The van der Waals surface area contributed by atoms with E-state index in [2.05, 4.69) is 0 Å². The van der Waals surface area contributed by atoms with E-state index in [1.807, 2.05) is 6.92 Å². The third-order valence-corrected chi connectivity index (χ3v) is 3.85. The second-order valence-corrected chi connectivity index (χ2v) is 5.54. The Labute approximate surface area is 136 Å². The van der Waals surface area contributed by atoms with Crippen molar-refractivity contribution < 1.29 is 19.1 Å². The molecule has 0 fully saturated rings. The summed E-state index contributed by atoms with van der Waals surface area (Å²) in [5, 5.41) is 9.85. The van der Waals surface area contributed by atoms with E-state index in [1.54, 1.807) is 24.3 Å². The van der Waals surface area contributed by atoms with Crippen LogP contribution in [0.2, 0.25) is 5.02 Å². The molecule has 4 nitrogen and oxygen atoms in total. The summed E-state index contributed by atoms with van der Waals surface area (Å²) >= 11 is 5.69. The van der Waals surface area contributed by atoms with E-state index >= 15 is 0 Å². The number of rotatable bonds is 2. The first-order chi connectivity index (χ1) is 10.9. The van der Waals surface area contributed by atoms with Crippen LogP contribution in [0.1, 0.15) is 11.1 Å². The summed E-state index contributed by atoms with van der Waals surface area (Å²) in [7, 11) is 0. The largest absolute Gasteiger partial charge is 0.502 e. The number of aryl methyl sites for hydroxylation is 1. The molecule has 3 rings (SSSR count). The standard InChI is InChI=1S/C17H11ClFNO3/c1-9-2-4-10(5-3-9)14-15(21)17(23)20(16(14)22)11-6-7-13(19)12(18)8-11/h2-8,21H,1H3. The first-order valence-corrected chi connectivity index (χ1v) is 7.12. The number of halogens is 2. The zero-order valence-electron chi connectivity index (χ0n) is 12.0. The average Bonchev–Trinajstić information content (AvgIpc) is 2.74. The summed E-state index contributed by atoms with van der Waals surface area (Å²) < 4.78 is 13.3. The molecular weight excluding hydrogens is 321 g/mol. The topological polar surface area (TPSA) is 57.6 Å². The molecule has 0 aromatic heterocycles. The normalized spacial score (nSPS) is 14.8. The van der Waals surface area contributed by atoms with Crippen LogP contribution in [0.3, 0.4) is 0 Å². The number of aliphatic hydroxyl groups is 1. The van der Waals surface area contributed by atoms with Crippen molar-refractivity contribution in [1.82, 2.24) is 0 Å². The molecule has 1 N–H and O–H groups in total. The number of carbonyl (C=O) groups is 2. The summed E-state index contributed by atoms with van der Waals surface area (Å²) in [6, 6.07) is 10.3. The third-order valence-electron chi connectivity index (χ3n) is 3.56. The summed E-state index contributed by atoms with van der Waals surface area (Å²) in [5.74, 6) is -2.85. The monoisotopic (exact) mass is 331 g/mol. The van der Waals surface area contributed by atoms with Gasteiger partial charge < -0.3 is 5.11 Å². The van der Waals surface area contributed by atoms with Crippen molar-refractivity contribution in [3.63, 3.8) is 0 Å². The van der Waals surface area contributed by atoms with Crippen LogP contribution in [0.15, 0.2) is 48.2 Å². The Balaban J connectivity index is 2.05. The Hall–Kier alpha value is -2.66. The van der Waals surface area contributed by atoms with E-state index in [0.29, 0.717) is 5.56 Å². The Kier molecular flexibility index (Phi) is 3.66. The highest BCUT2D eigenvalue weighted by atomic mass is 35.5. The second-order valence-electron chi connectivity index (χ2n) is 5.13. The fraction of sp³-hybridized carbons (Fsp3) is 0.0588. The molecule has 0 saturated carbocycles. The molecular formula is C17H11ClFNO3. The van der Waals surface area contributed by atoms with Crippen LogP contribution in [-0.2, 0) is 9.59 Å². The predicted octanol–water partition coefficient (Wildman–Crippen LogP) is 3.63. The Morgan fingerprint density at radius 2 is 1.70 bits per heavy atom. The number of hydrogen-bond acceptors (Lipinski definition) is 3. The minimum Gasteiger partial charge on any atom is -0.502 e. The van der Waals surface area contributed by atoms with Gasteiger partial charge in [0.1, 0.15) is 5.82 Å². The Bertz CT molecular complexity index is 859. The van der Waals surface area contributed by atoms with E-state index in [1.165, 1.54) is 6.07 Å². The van der Waals surface area contributed by atoms with Gasteiger partial charge in [-0.1, -0.05) is 41.4 Å². The van der Waals surface area contributed by atoms with Crippen LogP contribution in [0.25, 0.3) is 5.57 Å². The number of anilines is 1. The van der Waals surface area contributed by atoms with Gasteiger partial charge in [0.25, 0.3) is 5.91 Å². The number of imide groups is 1. The molecule has 6 heteroatoms. The van der Waals surface area contributed by atoms with Crippen LogP contribution in [0.4, 0.5) is 10.1 Å². The highest BCUT2D eigenvalue weighted by Crippen LogP contribution is 2.33. The van der Waals surface area contributed by atoms with Gasteiger partial charge in [-0.15, -0.1) is 0 Å². The Morgan fingerprint density at radius 1 is 1.04 bits per heavy atom. The third kappa shape index (κ3) is 2.49. The molecule has 2 amide bonds. The first kappa shape index (κ1) is 15.2. The molecule has 1 aliphatic rings. The van der Waals surface area contributed by atoms with Crippen molar-refractivity contribution in [3.8, 4) is 0 Å². The highest BCUT2D eigenvalue weighted by Gasteiger charge is 2.40. The molecule has 0 saturated heterocycles. The molecule has 0 radical (unpaired) electrons. The molecule has 0 spiro atoms. The molecule has 1 aliphatic heterocycles. The molecule has 0 atom stereocenters. The van der Waals surface area contributed by atoms with Gasteiger partial charge in [0.05, 0.1) is 16.3 Å². The maximum absolute atomic E-state index is 13.3. The molecule has 116 valence electrons. The van der Waals surface area contributed by atoms with Crippen molar-refractivity contribution in [1.29, 1.82) is 0 Å². The van der Waals surface area contributed by atoms with Crippen molar-refractivity contribution in [3.05, 3.63) is 70.2 Å². The number of amides is 2. The van der Waals surface area contributed by atoms with Gasteiger partial charge in [-0.05, 0) is 30.7 Å². The second kappa shape index (κ2) is 5.52. The van der Waals surface area contributed by atoms with E-state index < -0.39 is 23.4 Å². The van der Waals surface area contributed by atoms with E-state index in [4.69, 9.17) is 11.6 Å². The lowest BCUT2D eigenvalue weighted by Gasteiger charge is -2.15. The lowest BCUT2D eigenvalue weighted by atomic mass is 10.0. The highest BCUT2D eigenvalue weighted by molar-refractivity contribution is 6.45. The predicted molar refractivity (Wildman–Crippen MR) is 84.6 cm³/mol. The smallest absolute Gasteiger partial charge is 0.301 e. The maximum atomic E-state index is 13.3. The molecule has 1 heterocycles. The van der Waals surface area contributed by atoms with Crippen LogP contribution in [-0.4, -0.2) is 16.9 Å². The number of carbonyl (C=O) groups excluding carboxylic acids is 2. The number of hydrogen-bond donors (Lipinski definition) is 1. The molecule has 2 aromatic rings. The lowest BCUT2D eigenvalue weighted by molar-refractivity contribution is -0.121. The fourth-order valence-corrected chi connectivity index (χ4v) is 2.53. The molecule has 0 aliphatic carbocycles. The summed E-state index contributed by atoms with van der Waals surface area (Å²) in [6.45, 7) is 1.88. The molecule has 0 unspecified atom stereocenters. The molecule has 0 bridgehead atoms. The summed E-state index contributed by atoms with van der Waals surface area (Å²) in [6.07, 6.45) is 0. The number of benzene rings is 2. The zero-order chi connectivity index (χ0) is 16.7. The number of aliphatic hydroxyl groups excluding tert-OH is 1. The van der Waals surface area contributed by atoms with E-state index in [0.717, 1.165) is 22.6 Å². The van der Waals surface area contributed by atoms with Crippen LogP contribution < -0.4 is 4.90 Å². The van der Waals surface area contributed by atoms with Crippen molar-refractivity contribution >= 4 is 34.7 Å². The van der Waals surface area contributed by atoms with Crippen molar-refractivity contribution in [2.45, 2.75) is 6.92 Å². The van der Waals surface area contributed by atoms with Gasteiger partial charge in [-0.2, -0.15) is 0 Å². The summed E-state index contributed by atoms with van der Waals surface area (Å²) in [4.78, 5) is 25.6. The van der Waals surface area contributed by atoms with Gasteiger partial charge in [0, 0.05) is 0 Å². The van der Waals surface area contributed by atoms with Crippen LogP contribution in [0.5, 0.6) is 0 Å². The SMILES string of the molecule is Cc1ccc(C2=C(O)C(=O)N(c3ccc(F)c(Cl)c3)C2=O)cc1. The van der Waals surface area contributed by atoms with Crippen molar-refractivity contribution in [2.24, 2.45) is 0 Å². The van der Waals surface area contributed by atoms with Crippen LogP contribution in [0, 0.1) is 12.7 Å². The Morgan fingerprint density at radius 3 is 2.30 bits per heavy atom. The van der Waals surface area contributed by atoms with Gasteiger partial charge in [0.15, 0.2) is 5.76 Å². The number of nitrogens with zero attached hydrogens (tertiary/aromatic N) is 1. The quantitative estimate of drug-likeness (QED) is 0.855. The zero-order valence-corrected chi connectivity index (χ0v) is 12.8. The summed E-state index contributed by atoms with van der Waals surface area (Å²) in [5.41, 5.74) is 1.42. The molecule has 2 aromatic carbocycles. The van der Waals surface area contributed by atoms with E-state index in [-0.39, 0.29) is 16.3 Å².